The quantitative estimate of drug-likeness (QED) is 0.650. The van der Waals surface area contributed by atoms with E-state index in [0.717, 1.165) is 5.01 Å². The van der Waals surface area contributed by atoms with Crippen molar-refractivity contribution in [3.05, 3.63) is 29.3 Å². The van der Waals surface area contributed by atoms with Gasteiger partial charge in [0.2, 0.25) is 0 Å². The lowest BCUT2D eigenvalue weighted by molar-refractivity contribution is 0.0194. The summed E-state index contributed by atoms with van der Waals surface area (Å²) in [7, 11) is 2.79. The van der Waals surface area contributed by atoms with Crippen LogP contribution in [0.4, 0.5) is 4.79 Å². The number of nitrogens with one attached hydrogen (secondary N) is 1. The van der Waals surface area contributed by atoms with E-state index in [1.807, 2.05) is 0 Å². The number of carbonyl (C=O) groups is 3. The molecule has 0 unspecified atom stereocenters. The number of amides is 2. The lowest BCUT2D eigenvalue weighted by atomic mass is 10.1. The van der Waals surface area contributed by atoms with Gasteiger partial charge >= 0.3 is 12.1 Å². The van der Waals surface area contributed by atoms with E-state index < -0.39 is 23.6 Å². The van der Waals surface area contributed by atoms with Crippen molar-refractivity contribution in [2.75, 3.05) is 14.2 Å². The van der Waals surface area contributed by atoms with Crippen molar-refractivity contribution in [3.8, 4) is 5.75 Å². The van der Waals surface area contributed by atoms with Crippen LogP contribution in [-0.4, -0.2) is 48.8 Å². The highest BCUT2D eigenvalue weighted by Crippen LogP contribution is 2.19. The van der Waals surface area contributed by atoms with Gasteiger partial charge in [-0.25, -0.2) is 14.6 Å². The van der Waals surface area contributed by atoms with Crippen LogP contribution in [0.2, 0.25) is 0 Å². The lowest BCUT2D eigenvalue weighted by Crippen LogP contribution is -2.46. The zero-order chi connectivity index (χ0) is 20.1. The van der Waals surface area contributed by atoms with Gasteiger partial charge in [0.25, 0.3) is 5.91 Å². The Morgan fingerprint density at radius 1 is 1.12 bits per heavy atom. The number of hydrogen-bond donors (Lipinski definition) is 1. The Hall–Kier alpha value is -2.77. The highest BCUT2D eigenvalue weighted by atomic mass is 16.6. The van der Waals surface area contributed by atoms with E-state index in [1.54, 1.807) is 40.7 Å². The molecule has 0 saturated heterocycles. The van der Waals surface area contributed by atoms with Crippen LogP contribution in [0.15, 0.2) is 18.2 Å². The summed E-state index contributed by atoms with van der Waals surface area (Å²) in [4.78, 5) is 36.8. The SMILES string of the molecule is COc1ccc(C(=O)OC(C)C)c(C(=O)NN(C)C(=O)OC(C)(C)C)c1. The maximum atomic E-state index is 12.6. The van der Waals surface area contributed by atoms with Crippen molar-refractivity contribution < 1.29 is 28.6 Å². The number of benzene rings is 1. The molecule has 0 aliphatic rings. The fraction of sp³-hybridized carbons (Fsp3) is 0.500. The minimum absolute atomic E-state index is 0.0189. The summed E-state index contributed by atoms with van der Waals surface area (Å²) in [5.41, 5.74) is 1.75. The third-order valence-electron chi connectivity index (χ3n) is 2.97. The Morgan fingerprint density at radius 2 is 1.73 bits per heavy atom. The van der Waals surface area contributed by atoms with Crippen molar-refractivity contribution >= 4 is 18.0 Å². The van der Waals surface area contributed by atoms with Crippen molar-refractivity contribution in [2.24, 2.45) is 0 Å². The highest BCUT2D eigenvalue weighted by molar-refractivity contribution is 6.06. The molecule has 0 saturated carbocycles. The maximum absolute atomic E-state index is 12.6. The van der Waals surface area contributed by atoms with Crippen LogP contribution in [0.3, 0.4) is 0 Å². The van der Waals surface area contributed by atoms with Crippen LogP contribution >= 0.6 is 0 Å². The molecule has 0 atom stereocenters. The Balaban J connectivity index is 3.05. The third-order valence-corrected chi connectivity index (χ3v) is 2.97. The number of nitrogens with zero attached hydrogens (tertiary/aromatic N) is 1. The van der Waals surface area contributed by atoms with Gasteiger partial charge in [-0.3, -0.25) is 10.2 Å². The molecule has 0 aliphatic carbocycles. The first-order valence-electron chi connectivity index (χ1n) is 8.11. The summed E-state index contributed by atoms with van der Waals surface area (Å²) < 4.78 is 15.4. The van der Waals surface area contributed by atoms with Crippen LogP contribution in [0.5, 0.6) is 5.75 Å². The van der Waals surface area contributed by atoms with Crippen LogP contribution in [0.25, 0.3) is 0 Å². The smallest absolute Gasteiger partial charge is 0.428 e. The minimum atomic E-state index is -0.736. The lowest BCUT2D eigenvalue weighted by Gasteiger charge is -2.25. The average molecular weight is 366 g/mol. The molecule has 2 amide bonds. The van der Waals surface area contributed by atoms with Crippen LogP contribution < -0.4 is 10.2 Å². The molecule has 0 radical (unpaired) electrons. The normalized spacial score (nSPS) is 10.9. The fourth-order valence-corrected chi connectivity index (χ4v) is 1.88. The zero-order valence-electron chi connectivity index (χ0n) is 16.2. The molecule has 0 spiro atoms. The van der Waals surface area contributed by atoms with Gasteiger partial charge < -0.3 is 14.2 Å². The summed E-state index contributed by atoms with van der Waals surface area (Å²) in [5.74, 6) is -0.933. The number of rotatable bonds is 4. The standard InChI is InChI=1S/C18H26N2O6/c1-11(2)25-16(22)13-9-8-12(24-7)10-14(13)15(21)19-20(6)17(23)26-18(3,4)5/h8-11H,1-7H3,(H,19,21). The van der Waals surface area contributed by atoms with Gasteiger partial charge in [-0.15, -0.1) is 0 Å². The molecule has 8 nitrogen and oxygen atoms in total. The third kappa shape index (κ3) is 6.27. The van der Waals surface area contributed by atoms with E-state index in [9.17, 15) is 14.4 Å². The first kappa shape index (κ1) is 21.3. The van der Waals surface area contributed by atoms with Gasteiger partial charge in [0.05, 0.1) is 24.3 Å². The highest BCUT2D eigenvalue weighted by Gasteiger charge is 2.24. The predicted octanol–water partition coefficient (Wildman–Crippen LogP) is 2.77. The molecule has 1 aromatic rings. The van der Waals surface area contributed by atoms with E-state index in [-0.39, 0.29) is 17.2 Å². The molecule has 0 fully saturated rings. The monoisotopic (exact) mass is 366 g/mol. The van der Waals surface area contributed by atoms with Gasteiger partial charge in [0.15, 0.2) is 0 Å². The summed E-state index contributed by atoms with van der Waals surface area (Å²) in [6, 6.07) is 4.38. The second kappa shape index (κ2) is 8.55. The van der Waals surface area contributed by atoms with Gasteiger partial charge in [-0.2, -0.15) is 0 Å². The summed E-state index contributed by atoms with van der Waals surface area (Å²) in [6.07, 6.45) is -1.08. The second-order valence-electron chi connectivity index (χ2n) is 6.85. The van der Waals surface area contributed by atoms with Crippen molar-refractivity contribution in [1.82, 2.24) is 10.4 Å². The van der Waals surface area contributed by atoms with Crippen molar-refractivity contribution in [1.29, 1.82) is 0 Å². The van der Waals surface area contributed by atoms with E-state index in [0.29, 0.717) is 5.75 Å². The predicted molar refractivity (Wildman–Crippen MR) is 95.0 cm³/mol. The van der Waals surface area contributed by atoms with Gasteiger partial charge in [0.1, 0.15) is 11.4 Å². The van der Waals surface area contributed by atoms with Gasteiger partial charge in [0, 0.05) is 7.05 Å². The van der Waals surface area contributed by atoms with Crippen LogP contribution in [0.1, 0.15) is 55.3 Å². The zero-order valence-corrected chi connectivity index (χ0v) is 16.2. The van der Waals surface area contributed by atoms with Crippen LogP contribution in [0, 0.1) is 0 Å². The molecule has 144 valence electrons. The first-order valence-corrected chi connectivity index (χ1v) is 8.11. The minimum Gasteiger partial charge on any atom is -0.497 e. The van der Waals surface area contributed by atoms with Crippen molar-refractivity contribution in [2.45, 2.75) is 46.3 Å². The largest absolute Gasteiger partial charge is 0.497 e. The van der Waals surface area contributed by atoms with E-state index in [2.05, 4.69) is 5.43 Å². The molecule has 1 aromatic carbocycles. The molecular weight excluding hydrogens is 340 g/mol. The first-order chi connectivity index (χ1) is 11.9. The Kier molecular flexibility index (Phi) is 7.00. The Labute approximate surface area is 153 Å². The number of hydrogen-bond acceptors (Lipinski definition) is 6. The molecule has 1 rings (SSSR count). The number of esters is 1. The Morgan fingerprint density at radius 3 is 2.23 bits per heavy atom. The summed E-state index contributed by atoms with van der Waals surface area (Å²) in [6.45, 7) is 8.54. The molecule has 0 aromatic heterocycles. The van der Waals surface area contributed by atoms with Crippen molar-refractivity contribution in [3.63, 3.8) is 0 Å². The number of ether oxygens (including phenoxy) is 3. The summed E-state index contributed by atoms with van der Waals surface area (Å²) in [5, 5.41) is 0.907. The number of carbonyl (C=O) groups excluding carboxylic acids is 3. The number of hydrazine groups is 1. The van der Waals surface area contributed by atoms with Gasteiger partial charge in [-0.05, 0) is 52.8 Å². The molecule has 8 heteroatoms. The second-order valence-corrected chi connectivity index (χ2v) is 6.85. The number of methoxy groups -OCH3 is 1. The van der Waals surface area contributed by atoms with E-state index in [1.165, 1.54) is 26.3 Å². The maximum Gasteiger partial charge on any atom is 0.428 e. The molecule has 0 heterocycles. The molecule has 0 aliphatic heterocycles. The van der Waals surface area contributed by atoms with E-state index in [4.69, 9.17) is 14.2 Å². The molecule has 1 N–H and O–H groups in total. The molecule has 26 heavy (non-hydrogen) atoms. The molecule has 0 bridgehead atoms. The average Bonchev–Trinajstić information content (AvgIpc) is 2.51. The molecular formula is C18H26N2O6. The summed E-state index contributed by atoms with van der Waals surface area (Å²) >= 11 is 0. The Bertz CT molecular complexity index is 679. The van der Waals surface area contributed by atoms with Crippen LogP contribution in [-0.2, 0) is 9.47 Å². The van der Waals surface area contributed by atoms with E-state index >= 15 is 0 Å². The topological polar surface area (TPSA) is 94.2 Å². The fourth-order valence-electron chi connectivity index (χ4n) is 1.88. The van der Waals surface area contributed by atoms with Gasteiger partial charge in [-0.1, -0.05) is 0 Å².